The molecular formula is C22H23ClN2O3. The molecule has 0 spiro atoms. The maximum Gasteiger partial charge on any atom is 0.311 e. The molecule has 5 nitrogen and oxygen atoms in total. The minimum Gasteiger partial charge on any atom is -0.469 e. The lowest BCUT2D eigenvalue weighted by Gasteiger charge is -2.40. The molecule has 0 radical (unpaired) electrons. The highest BCUT2D eigenvalue weighted by atomic mass is 35.5. The van der Waals surface area contributed by atoms with Gasteiger partial charge in [0.05, 0.1) is 25.6 Å². The number of nitrogens with zero attached hydrogens (tertiary/aromatic N) is 2. The molecular weight excluding hydrogens is 376 g/mol. The molecule has 0 aliphatic carbocycles. The van der Waals surface area contributed by atoms with E-state index in [-0.39, 0.29) is 29.9 Å². The van der Waals surface area contributed by atoms with Crippen LogP contribution < -0.4 is 0 Å². The minimum atomic E-state index is -0.346. The highest BCUT2D eigenvalue weighted by molar-refractivity contribution is 6.31. The van der Waals surface area contributed by atoms with E-state index < -0.39 is 0 Å². The molecule has 0 saturated carbocycles. The number of rotatable bonds is 4. The first kappa shape index (κ1) is 19.0. The standard InChI is InChI=1S/C22H23ClN2O3/c1-28-22(27)18-11-17-13-24(12-16-9-5-6-10-19(16)23)14-20(26)25(17)21(18)15-7-3-2-4-8-15/h2-10,17-18,21H,11-14H2,1H3/t17-,18-,21-/m0/s1. The summed E-state index contributed by atoms with van der Waals surface area (Å²) < 4.78 is 5.06. The summed E-state index contributed by atoms with van der Waals surface area (Å²) in [6, 6.07) is 17.2. The molecule has 2 fully saturated rings. The molecule has 2 aromatic rings. The van der Waals surface area contributed by atoms with E-state index in [4.69, 9.17) is 16.3 Å². The van der Waals surface area contributed by atoms with Gasteiger partial charge in [-0.05, 0) is 23.6 Å². The zero-order chi connectivity index (χ0) is 19.7. The molecule has 2 aromatic carbocycles. The highest BCUT2D eigenvalue weighted by Crippen LogP contribution is 2.43. The Hall–Kier alpha value is -2.37. The summed E-state index contributed by atoms with van der Waals surface area (Å²) >= 11 is 6.29. The lowest BCUT2D eigenvalue weighted by molar-refractivity contribution is -0.147. The molecule has 1 amide bonds. The zero-order valence-corrected chi connectivity index (χ0v) is 16.5. The van der Waals surface area contributed by atoms with Crippen molar-refractivity contribution >= 4 is 23.5 Å². The third kappa shape index (κ3) is 3.52. The van der Waals surface area contributed by atoms with Crippen molar-refractivity contribution in [3.05, 3.63) is 70.7 Å². The predicted octanol–water partition coefficient (Wildman–Crippen LogP) is 3.29. The lowest BCUT2D eigenvalue weighted by Crippen LogP contribution is -2.54. The van der Waals surface area contributed by atoms with Crippen molar-refractivity contribution in [2.45, 2.75) is 25.0 Å². The molecule has 4 rings (SSSR count). The third-order valence-electron chi connectivity index (χ3n) is 5.71. The first-order valence-electron chi connectivity index (χ1n) is 9.48. The number of fused-ring (bicyclic) bond motifs is 1. The molecule has 28 heavy (non-hydrogen) atoms. The first-order valence-corrected chi connectivity index (χ1v) is 9.86. The summed E-state index contributed by atoms with van der Waals surface area (Å²) in [5.74, 6) is -0.557. The smallest absolute Gasteiger partial charge is 0.311 e. The topological polar surface area (TPSA) is 49.9 Å². The van der Waals surface area contributed by atoms with Gasteiger partial charge in [0.25, 0.3) is 0 Å². The maximum absolute atomic E-state index is 13.1. The van der Waals surface area contributed by atoms with Gasteiger partial charge in [0.1, 0.15) is 0 Å². The maximum atomic E-state index is 13.1. The molecule has 0 aromatic heterocycles. The Morgan fingerprint density at radius 2 is 1.86 bits per heavy atom. The van der Waals surface area contributed by atoms with E-state index in [1.54, 1.807) is 0 Å². The van der Waals surface area contributed by atoms with Crippen LogP contribution in [0.1, 0.15) is 23.6 Å². The van der Waals surface area contributed by atoms with E-state index in [2.05, 4.69) is 4.90 Å². The molecule has 146 valence electrons. The molecule has 0 N–H and O–H groups in total. The average Bonchev–Trinajstić information content (AvgIpc) is 3.10. The van der Waals surface area contributed by atoms with E-state index in [1.165, 1.54) is 7.11 Å². The van der Waals surface area contributed by atoms with Gasteiger partial charge >= 0.3 is 5.97 Å². The SMILES string of the molecule is COC(=O)[C@H]1C[C@H]2CN(Cc3ccccc3Cl)CC(=O)N2[C@H]1c1ccccc1. The largest absolute Gasteiger partial charge is 0.469 e. The van der Waals surface area contributed by atoms with Crippen LogP contribution in [-0.2, 0) is 20.9 Å². The van der Waals surface area contributed by atoms with Crippen LogP contribution in [0.15, 0.2) is 54.6 Å². The van der Waals surface area contributed by atoms with Crippen molar-refractivity contribution < 1.29 is 14.3 Å². The quantitative estimate of drug-likeness (QED) is 0.741. The second-order valence-electron chi connectivity index (χ2n) is 7.44. The van der Waals surface area contributed by atoms with E-state index in [9.17, 15) is 9.59 Å². The highest BCUT2D eigenvalue weighted by Gasteiger charge is 2.50. The number of hydrogen-bond acceptors (Lipinski definition) is 4. The second kappa shape index (κ2) is 7.94. The molecule has 0 unspecified atom stereocenters. The van der Waals surface area contributed by atoms with Gasteiger partial charge in [-0.3, -0.25) is 14.5 Å². The monoisotopic (exact) mass is 398 g/mol. The van der Waals surface area contributed by atoms with E-state index in [0.717, 1.165) is 11.1 Å². The second-order valence-corrected chi connectivity index (χ2v) is 7.84. The van der Waals surface area contributed by atoms with Gasteiger partial charge in [-0.15, -0.1) is 0 Å². The summed E-state index contributed by atoms with van der Waals surface area (Å²) in [6.07, 6.45) is 0.608. The molecule has 0 bridgehead atoms. The van der Waals surface area contributed by atoms with Gasteiger partial charge < -0.3 is 9.64 Å². The summed E-state index contributed by atoms with van der Waals surface area (Å²) in [7, 11) is 1.41. The zero-order valence-electron chi connectivity index (χ0n) is 15.8. The van der Waals surface area contributed by atoms with Gasteiger partial charge in [-0.1, -0.05) is 60.1 Å². The van der Waals surface area contributed by atoms with Crippen molar-refractivity contribution in [1.29, 1.82) is 0 Å². The first-order chi connectivity index (χ1) is 13.6. The number of ether oxygens (including phenoxy) is 1. The van der Waals surface area contributed by atoms with Crippen LogP contribution in [0.4, 0.5) is 0 Å². The van der Waals surface area contributed by atoms with Crippen LogP contribution in [0.5, 0.6) is 0 Å². The van der Waals surface area contributed by atoms with Crippen LogP contribution in [0.25, 0.3) is 0 Å². The predicted molar refractivity (Wildman–Crippen MR) is 107 cm³/mol. The Morgan fingerprint density at radius 1 is 1.14 bits per heavy atom. The molecule has 3 atom stereocenters. The van der Waals surface area contributed by atoms with Gasteiger partial charge in [-0.2, -0.15) is 0 Å². The van der Waals surface area contributed by atoms with Crippen molar-refractivity contribution in [3.63, 3.8) is 0 Å². The normalized spacial score (nSPS) is 24.9. The minimum absolute atomic E-state index is 0.0157. The van der Waals surface area contributed by atoms with Crippen molar-refractivity contribution in [2.24, 2.45) is 5.92 Å². The molecule has 2 aliphatic heterocycles. The molecule has 6 heteroatoms. The van der Waals surface area contributed by atoms with Crippen molar-refractivity contribution in [2.75, 3.05) is 20.2 Å². The van der Waals surface area contributed by atoms with Gasteiger partial charge in [0.15, 0.2) is 0 Å². The van der Waals surface area contributed by atoms with E-state index in [0.29, 0.717) is 31.1 Å². The molecule has 2 saturated heterocycles. The number of amides is 1. The number of hydrogen-bond donors (Lipinski definition) is 0. The fraction of sp³-hybridized carbons (Fsp3) is 0.364. The van der Waals surface area contributed by atoms with Crippen LogP contribution in [0.3, 0.4) is 0 Å². The van der Waals surface area contributed by atoms with Crippen LogP contribution in [-0.4, -0.2) is 47.9 Å². The Kier molecular flexibility index (Phi) is 5.38. The number of methoxy groups -OCH3 is 1. The van der Waals surface area contributed by atoms with Crippen LogP contribution in [0, 0.1) is 5.92 Å². The Labute approximate surface area is 169 Å². The average molecular weight is 399 g/mol. The van der Waals surface area contributed by atoms with Gasteiger partial charge in [0, 0.05) is 24.2 Å². The lowest BCUT2D eigenvalue weighted by atomic mass is 9.93. The number of carbonyl (C=O) groups is 2. The molecule has 2 aliphatic rings. The third-order valence-corrected chi connectivity index (χ3v) is 6.08. The summed E-state index contributed by atoms with van der Waals surface area (Å²) in [5, 5.41) is 0.707. The number of esters is 1. The van der Waals surface area contributed by atoms with Crippen LogP contribution in [0.2, 0.25) is 5.02 Å². The van der Waals surface area contributed by atoms with Crippen LogP contribution >= 0.6 is 11.6 Å². The van der Waals surface area contributed by atoms with E-state index >= 15 is 0 Å². The van der Waals surface area contributed by atoms with Gasteiger partial charge in [-0.25, -0.2) is 0 Å². The molecule has 2 heterocycles. The number of carbonyl (C=O) groups excluding carboxylic acids is 2. The van der Waals surface area contributed by atoms with Crippen molar-refractivity contribution in [3.8, 4) is 0 Å². The summed E-state index contributed by atoms with van der Waals surface area (Å²) in [6.45, 7) is 1.65. The fourth-order valence-corrected chi connectivity index (χ4v) is 4.72. The number of piperazine rings is 1. The fourth-order valence-electron chi connectivity index (χ4n) is 4.52. The summed E-state index contributed by atoms with van der Waals surface area (Å²) in [4.78, 5) is 29.6. The Bertz CT molecular complexity index is 873. The van der Waals surface area contributed by atoms with Crippen molar-refractivity contribution in [1.82, 2.24) is 9.80 Å². The number of benzene rings is 2. The van der Waals surface area contributed by atoms with E-state index in [1.807, 2.05) is 59.5 Å². The Morgan fingerprint density at radius 3 is 2.57 bits per heavy atom. The summed E-state index contributed by atoms with van der Waals surface area (Å²) in [5.41, 5.74) is 1.99. The van der Waals surface area contributed by atoms with Gasteiger partial charge in [0.2, 0.25) is 5.91 Å². The number of halogens is 1. The Balaban J connectivity index is 1.59.